The first kappa shape index (κ1) is 11.0. The first-order valence-corrected chi connectivity index (χ1v) is 5.51. The van der Waals surface area contributed by atoms with Crippen LogP contribution in [0.1, 0.15) is 20.3 Å². The maximum atomic E-state index is 10.7. The zero-order valence-corrected chi connectivity index (χ0v) is 9.59. The number of aliphatic hydroxyl groups is 1. The van der Waals surface area contributed by atoms with Crippen molar-refractivity contribution in [3.05, 3.63) is 36.3 Å². The number of hydrogen-bond acceptors (Lipinski definition) is 4. The zero-order chi connectivity index (χ0) is 11.8. The number of allylic oxidation sites excluding steroid dienone is 2. The summed E-state index contributed by atoms with van der Waals surface area (Å²) in [6.45, 7) is 4.04. The highest BCUT2D eigenvalue weighted by Gasteiger charge is 2.40. The van der Waals surface area contributed by atoms with Gasteiger partial charge in [0, 0.05) is 18.2 Å². The van der Waals surface area contributed by atoms with Gasteiger partial charge in [-0.1, -0.05) is 19.9 Å². The van der Waals surface area contributed by atoms with Gasteiger partial charge < -0.3 is 15.7 Å². The fourth-order valence-corrected chi connectivity index (χ4v) is 1.96. The fraction of sp³-hybridized carbons (Fsp3) is 0.417. The lowest BCUT2D eigenvalue weighted by molar-refractivity contribution is -0.0511. The molecule has 0 aromatic rings. The van der Waals surface area contributed by atoms with Gasteiger partial charge in [0.1, 0.15) is 11.7 Å². The number of hydrogen-bond donors (Lipinski definition) is 2. The standard InChI is InChI=1S/C12H17N3O/c1-3-9(2)12(16)8-10(13)14-11-6-4-5-7-15(11)12/h4-9,16H,3,13H2,1-2H3. The van der Waals surface area contributed by atoms with Crippen LogP contribution in [0.15, 0.2) is 41.3 Å². The lowest BCUT2D eigenvalue weighted by Gasteiger charge is -2.43. The summed E-state index contributed by atoms with van der Waals surface area (Å²) in [5.41, 5.74) is 4.67. The minimum atomic E-state index is -1.07. The predicted molar refractivity (Wildman–Crippen MR) is 64.2 cm³/mol. The van der Waals surface area contributed by atoms with Crippen LogP contribution in [-0.4, -0.2) is 21.6 Å². The number of nitrogens with two attached hydrogens (primary N) is 1. The molecule has 0 radical (unpaired) electrons. The van der Waals surface area contributed by atoms with Crippen LogP contribution in [0.4, 0.5) is 0 Å². The third-order valence-electron chi connectivity index (χ3n) is 3.17. The van der Waals surface area contributed by atoms with E-state index in [0.29, 0.717) is 11.7 Å². The molecule has 0 aliphatic carbocycles. The van der Waals surface area contributed by atoms with Crippen LogP contribution in [-0.2, 0) is 0 Å². The van der Waals surface area contributed by atoms with E-state index in [-0.39, 0.29) is 5.92 Å². The van der Waals surface area contributed by atoms with E-state index in [4.69, 9.17) is 5.73 Å². The monoisotopic (exact) mass is 219 g/mol. The molecule has 2 aliphatic rings. The molecule has 2 rings (SSSR count). The summed E-state index contributed by atoms with van der Waals surface area (Å²) in [5, 5.41) is 10.7. The Morgan fingerprint density at radius 3 is 3.00 bits per heavy atom. The van der Waals surface area contributed by atoms with Crippen molar-refractivity contribution in [3.63, 3.8) is 0 Å². The molecule has 0 saturated carbocycles. The van der Waals surface area contributed by atoms with Gasteiger partial charge in [0.2, 0.25) is 0 Å². The third-order valence-corrected chi connectivity index (χ3v) is 3.17. The molecule has 4 heteroatoms. The summed E-state index contributed by atoms with van der Waals surface area (Å²) in [5.74, 6) is 1.13. The van der Waals surface area contributed by atoms with Gasteiger partial charge in [0.05, 0.1) is 0 Å². The van der Waals surface area contributed by atoms with Gasteiger partial charge in [-0.2, -0.15) is 0 Å². The molecule has 4 nitrogen and oxygen atoms in total. The molecule has 0 aromatic heterocycles. The van der Waals surface area contributed by atoms with Crippen molar-refractivity contribution in [1.82, 2.24) is 4.90 Å². The van der Waals surface area contributed by atoms with Crippen LogP contribution in [0.3, 0.4) is 0 Å². The highest BCUT2D eigenvalue weighted by atomic mass is 16.3. The Kier molecular flexibility index (Phi) is 2.59. The van der Waals surface area contributed by atoms with E-state index in [1.54, 1.807) is 11.0 Å². The van der Waals surface area contributed by atoms with E-state index in [0.717, 1.165) is 6.42 Å². The molecule has 0 saturated heterocycles. The molecule has 2 aliphatic heterocycles. The number of nitrogens with zero attached hydrogens (tertiary/aromatic N) is 2. The van der Waals surface area contributed by atoms with Crippen molar-refractivity contribution < 1.29 is 5.11 Å². The van der Waals surface area contributed by atoms with Crippen LogP contribution in [0.5, 0.6) is 0 Å². The van der Waals surface area contributed by atoms with Crippen molar-refractivity contribution in [3.8, 4) is 0 Å². The summed E-state index contributed by atoms with van der Waals surface area (Å²) in [6, 6.07) is 0. The Balaban J connectivity index is 2.44. The van der Waals surface area contributed by atoms with Crippen LogP contribution >= 0.6 is 0 Å². The largest absolute Gasteiger partial charge is 0.384 e. The van der Waals surface area contributed by atoms with Crippen molar-refractivity contribution >= 4 is 5.84 Å². The van der Waals surface area contributed by atoms with Crippen LogP contribution in [0.25, 0.3) is 0 Å². The zero-order valence-electron chi connectivity index (χ0n) is 9.59. The second-order valence-corrected chi connectivity index (χ2v) is 4.20. The fourth-order valence-electron chi connectivity index (χ4n) is 1.96. The minimum Gasteiger partial charge on any atom is -0.384 e. The van der Waals surface area contributed by atoms with Crippen molar-refractivity contribution in [2.45, 2.75) is 26.0 Å². The highest BCUT2D eigenvalue weighted by molar-refractivity contribution is 5.96. The van der Waals surface area contributed by atoms with E-state index in [9.17, 15) is 5.11 Å². The van der Waals surface area contributed by atoms with E-state index in [1.165, 1.54) is 0 Å². The molecular weight excluding hydrogens is 202 g/mol. The van der Waals surface area contributed by atoms with Crippen LogP contribution < -0.4 is 5.73 Å². The smallest absolute Gasteiger partial charge is 0.168 e. The third kappa shape index (κ3) is 1.55. The summed E-state index contributed by atoms with van der Waals surface area (Å²) in [6.07, 6.45) is 9.91. The Labute approximate surface area is 95.5 Å². The average Bonchev–Trinajstić information content (AvgIpc) is 2.27. The second kappa shape index (κ2) is 3.79. The molecule has 0 bridgehead atoms. The van der Waals surface area contributed by atoms with E-state index >= 15 is 0 Å². The SMILES string of the molecule is CCC(C)C1(O)C=C(N)N=C2C=CC=CN21. The van der Waals surface area contributed by atoms with Gasteiger partial charge >= 0.3 is 0 Å². The maximum absolute atomic E-state index is 10.7. The molecule has 0 amide bonds. The molecule has 2 atom stereocenters. The van der Waals surface area contributed by atoms with Gasteiger partial charge in [0.15, 0.2) is 5.72 Å². The second-order valence-electron chi connectivity index (χ2n) is 4.20. The topological polar surface area (TPSA) is 61.9 Å². The Hall–Kier alpha value is -1.55. The van der Waals surface area contributed by atoms with Gasteiger partial charge in [-0.05, 0) is 18.6 Å². The highest BCUT2D eigenvalue weighted by Crippen LogP contribution is 2.32. The van der Waals surface area contributed by atoms with Crippen molar-refractivity contribution in [2.24, 2.45) is 16.6 Å². The van der Waals surface area contributed by atoms with E-state index < -0.39 is 5.72 Å². The van der Waals surface area contributed by atoms with Crippen molar-refractivity contribution in [2.75, 3.05) is 0 Å². The normalized spacial score (nSPS) is 29.6. The lowest BCUT2D eigenvalue weighted by atomic mass is 9.91. The quantitative estimate of drug-likeness (QED) is 0.736. The summed E-state index contributed by atoms with van der Waals surface area (Å²) >= 11 is 0. The lowest BCUT2D eigenvalue weighted by Crippen LogP contribution is -2.54. The molecule has 0 spiro atoms. The molecule has 3 N–H and O–H groups in total. The first-order valence-electron chi connectivity index (χ1n) is 5.51. The van der Waals surface area contributed by atoms with E-state index in [2.05, 4.69) is 4.99 Å². The van der Waals surface area contributed by atoms with Crippen LogP contribution in [0, 0.1) is 5.92 Å². The first-order chi connectivity index (χ1) is 7.58. The summed E-state index contributed by atoms with van der Waals surface area (Å²) in [7, 11) is 0. The van der Waals surface area contributed by atoms with Crippen molar-refractivity contribution in [1.29, 1.82) is 0 Å². The minimum absolute atomic E-state index is 0.0766. The van der Waals surface area contributed by atoms with Crippen LogP contribution in [0.2, 0.25) is 0 Å². The molecule has 86 valence electrons. The Bertz CT molecular complexity index is 408. The molecule has 2 heterocycles. The van der Waals surface area contributed by atoms with Gasteiger partial charge in [-0.3, -0.25) is 0 Å². The number of aliphatic imine (C=N–C) groups is 1. The molecule has 0 aromatic carbocycles. The summed E-state index contributed by atoms with van der Waals surface area (Å²) < 4.78 is 0. The van der Waals surface area contributed by atoms with Gasteiger partial charge in [-0.15, -0.1) is 0 Å². The maximum Gasteiger partial charge on any atom is 0.168 e. The molecule has 16 heavy (non-hydrogen) atoms. The summed E-state index contributed by atoms with van der Waals surface area (Å²) in [4.78, 5) is 5.96. The Morgan fingerprint density at radius 2 is 2.31 bits per heavy atom. The predicted octanol–water partition coefficient (Wildman–Crippen LogP) is 1.32. The molecular formula is C12H17N3O. The van der Waals surface area contributed by atoms with Gasteiger partial charge in [-0.25, -0.2) is 4.99 Å². The number of rotatable bonds is 2. The molecule has 2 unspecified atom stereocenters. The number of amidine groups is 1. The number of fused-ring (bicyclic) bond motifs is 1. The van der Waals surface area contributed by atoms with E-state index in [1.807, 2.05) is 38.3 Å². The Morgan fingerprint density at radius 1 is 1.56 bits per heavy atom. The average molecular weight is 219 g/mol. The molecule has 0 fully saturated rings. The van der Waals surface area contributed by atoms with Gasteiger partial charge in [0.25, 0.3) is 0 Å².